The number of aryl methyl sites for hydroxylation is 2. The molecule has 0 unspecified atom stereocenters. The first-order chi connectivity index (χ1) is 13.4. The summed E-state index contributed by atoms with van der Waals surface area (Å²) in [4.78, 5) is 24.1. The Kier molecular flexibility index (Phi) is 5.75. The van der Waals surface area contributed by atoms with Gasteiger partial charge < -0.3 is 15.8 Å². The number of amides is 2. The Labute approximate surface area is 164 Å². The van der Waals surface area contributed by atoms with Crippen LogP contribution in [0.3, 0.4) is 0 Å². The minimum Gasteiger partial charge on any atom is -0.488 e. The fourth-order valence-corrected chi connectivity index (χ4v) is 2.78. The zero-order valence-electron chi connectivity index (χ0n) is 15.9. The standard InChI is InChI=1S/C23H22N2O3/c1-15-10-11-19(12-16(15)2)25-23(27)18-7-5-6-17(13-18)14-28-21-9-4-3-8-20(21)22(24)26/h3-13H,14H2,1-2H3,(H2,24,26)(H,25,27). The first-order valence-corrected chi connectivity index (χ1v) is 8.93. The minimum absolute atomic E-state index is 0.192. The van der Waals surface area contributed by atoms with Crippen molar-refractivity contribution in [1.82, 2.24) is 0 Å². The highest BCUT2D eigenvalue weighted by Crippen LogP contribution is 2.20. The van der Waals surface area contributed by atoms with Gasteiger partial charge in [0.25, 0.3) is 11.8 Å². The smallest absolute Gasteiger partial charge is 0.255 e. The van der Waals surface area contributed by atoms with Crippen molar-refractivity contribution >= 4 is 17.5 Å². The van der Waals surface area contributed by atoms with Gasteiger partial charge in [-0.15, -0.1) is 0 Å². The number of benzene rings is 3. The molecule has 28 heavy (non-hydrogen) atoms. The number of hydrogen-bond donors (Lipinski definition) is 2. The third-order valence-corrected chi connectivity index (χ3v) is 4.50. The van der Waals surface area contributed by atoms with Crippen molar-refractivity contribution in [3.8, 4) is 5.75 Å². The highest BCUT2D eigenvalue weighted by Gasteiger charge is 2.10. The molecule has 0 aliphatic carbocycles. The average molecular weight is 374 g/mol. The number of nitrogens with one attached hydrogen (secondary N) is 1. The molecular formula is C23H22N2O3. The maximum Gasteiger partial charge on any atom is 0.255 e. The minimum atomic E-state index is -0.544. The SMILES string of the molecule is Cc1ccc(NC(=O)c2cccc(COc3ccccc3C(N)=O)c2)cc1C. The molecule has 0 aliphatic heterocycles. The van der Waals surface area contributed by atoms with Gasteiger partial charge in [0, 0.05) is 11.3 Å². The lowest BCUT2D eigenvalue weighted by atomic mass is 10.1. The lowest BCUT2D eigenvalue weighted by Gasteiger charge is -2.11. The molecule has 0 aliphatic rings. The second-order valence-electron chi connectivity index (χ2n) is 6.60. The van der Waals surface area contributed by atoms with Crippen molar-refractivity contribution in [2.75, 3.05) is 5.32 Å². The zero-order valence-corrected chi connectivity index (χ0v) is 15.9. The first kappa shape index (κ1) is 19.2. The van der Waals surface area contributed by atoms with Gasteiger partial charge in [0.2, 0.25) is 0 Å². The van der Waals surface area contributed by atoms with Crippen LogP contribution in [0.1, 0.15) is 37.4 Å². The van der Waals surface area contributed by atoms with Crippen LogP contribution in [0, 0.1) is 13.8 Å². The lowest BCUT2D eigenvalue weighted by molar-refractivity contribution is 0.0994. The summed E-state index contributed by atoms with van der Waals surface area (Å²) in [7, 11) is 0. The third-order valence-electron chi connectivity index (χ3n) is 4.50. The van der Waals surface area contributed by atoms with Crippen molar-refractivity contribution in [2.24, 2.45) is 5.73 Å². The normalized spacial score (nSPS) is 10.4. The molecule has 3 aromatic carbocycles. The molecule has 0 bridgehead atoms. The van der Waals surface area contributed by atoms with Crippen molar-refractivity contribution in [2.45, 2.75) is 20.5 Å². The van der Waals surface area contributed by atoms with E-state index >= 15 is 0 Å². The number of hydrogen-bond acceptors (Lipinski definition) is 3. The van der Waals surface area contributed by atoms with E-state index in [1.807, 2.05) is 38.1 Å². The van der Waals surface area contributed by atoms with Gasteiger partial charge in [0.15, 0.2) is 0 Å². The lowest BCUT2D eigenvalue weighted by Crippen LogP contribution is -2.13. The van der Waals surface area contributed by atoms with Gasteiger partial charge in [0.1, 0.15) is 12.4 Å². The summed E-state index contributed by atoms with van der Waals surface area (Å²) < 4.78 is 5.73. The van der Waals surface area contributed by atoms with Gasteiger partial charge in [-0.2, -0.15) is 0 Å². The van der Waals surface area contributed by atoms with Crippen LogP contribution in [0.15, 0.2) is 66.7 Å². The maximum absolute atomic E-state index is 12.6. The van der Waals surface area contributed by atoms with Gasteiger partial charge in [-0.1, -0.05) is 30.3 Å². The van der Waals surface area contributed by atoms with E-state index < -0.39 is 5.91 Å². The number of primary amides is 1. The Hall–Kier alpha value is -3.60. The van der Waals surface area contributed by atoms with Crippen molar-refractivity contribution in [3.63, 3.8) is 0 Å². The highest BCUT2D eigenvalue weighted by molar-refractivity contribution is 6.04. The largest absolute Gasteiger partial charge is 0.488 e. The average Bonchev–Trinajstić information content (AvgIpc) is 2.69. The molecule has 0 saturated carbocycles. The molecule has 3 aromatic rings. The second kappa shape index (κ2) is 8.39. The van der Waals surface area contributed by atoms with Crippen molar-refractivity contribution in [3.05, 3.63) is 94.5 Å². The first-order valence-electron chi connectivity index (χ1n) is 8.93. The number of rotatable bonds is 6. The Balaban J connectivity index is 1.71. The predicted octanol–water partition coefficient (Wildman–Crippen LogP) is 4.23. The molecule has 0 aromatic heterocycles. The van der Waals surface area contributed by atoms with Crippen LogP contribution in [0.25, 0.3) is 0 Å². The van der Waals surface area contributed by atoms with Crippen LogP contribution < -0.4 is 15.8 Å². The quantitative estimate of drug-likeness (QED) is 0.677. The summed E-state index contributed by atoms with van der Waals surface area (Å²) in [5, 5.41) is 2.91. The van der Waals surface area contributed by atoms with Crippen LogP contribution in [0.4, 0.5) is 5.69 Å². The Morgan fingerprint density at radius 2 is 1.71 bits per heavy atom. The van der Waals surface area contributed by atoms with Gasteiger partial charge in [0.05, 0.1) is 5.56 Å². The van der Waals surface area contributed by atoms with E-state index in [1.54, 1.807) is 42.5 Å². The third kappa shape index (κ3) is 4.57. The summed E-state index contributed by atoms with van der Waals surface area (Å²) in [5.74, 6) is -0.320. The summed E-state index contributed by atoms with van der Waals surface area (Å²) >= 11 is 0. The van der Waals surface area contributed by atoms with Gasteiger partial charge >= 0.3 is 0 Å². The summed E-state index contributed by atoms with van der Waals surface area (Å²) in [6.07, 6.45) is 0. The van der Waals surface area contributed by atoms with Gasteiger partial charge in [-0.25, -0.2) is 0 Å². The number of carbonyl (C=O) groups is 2. The van der Waals surface area contributed by atoms with Crippen LogP contribution in [0.2, 0.25) is 0 Å². The van der Waals surface area contributed by atoms with E-state index in [4.69, 9.17) is 10.5 Å². The van der Waals surface area contributed by atoms with E-state index in [1.165, 1.54) is 5.56 Å². The molecule has 142 valence electrons. The second-order valence-corrected chi connectivity index (χ2v) is 6.60. The molecule has 0 saturated heterocycles. The molecular weight excluding hydrogens is 352 g/mol. The molecule has 3 N–H and O–H groups in total. The van der Waals surface area contributed by atoms with Gasteiger partial charge in [-0.05, 0) is 66.9 Å². The number of anilines is 1. The molecule has 2 amide bonds. The Bertz CT molecular complexity index is 1030. The molecule has 0 heterocycles. The molecule has 5 heteroatoms. The van der Waals surface area contributed by atoms with Crippen LogP contribution in [0.5, 0.6) is 5.75 Å². The fraction of sp³-hybridized carbons (Fsp3) is 0.130. The molecule has 0 fully saturated rings. The predicted molar refractivity (Wildman–Crippen MR) is 110 cm³/mol. The van der Waals surface area contributed by atoms with E-state index in [-0.39, 0.29) is 12.5 Å². The topological polar surface area (TPSA) is 81.4 Å². The van der Waals surface area contributed by atoms with Crippen LogP contribution in [-0.2, 0) is 6.61 Å². The molecule has 0 spiro atoms. The number of ether oxygens (including phenoxy) is 1. The molecule has 3 rings (SSSR count). The van der Waals surface area contributed by atoms with Crippen LogP contribution in [-0.4, -0.2) is 11.8 Å². The monoisotopic (exact) mass is 374 g/mol. The number of para-hydroxylation sites is 1. The summed E-state index contributed by atoms with van der Waals surface area (Å²) in [6, 6.07) is 19.8. The Morgan fingerprint density at radius 1 is 0.929 bits per heavy atom. The zero-order chi connectivity index (χ0) is 20.1. The van der Waals surface area contributed by atoms with Crippen molar-refractivity contribution < 1.29 is 14.3 Å². The summed E-state index contributed by atoms with van der Waals surface area (Å²) in [5.41, 5.74) is 10.1. The summed E-state index contributed by atoms with van der Waals surface area (Å²) in [6.45, 7) is 4.25. The van der Waals surface area contributed by atoms with Crippen LogP contribution >= 0.6 is 0 Å². The fourth-order valence-electron chi connectivity index (χ4n) is 2.78. The molecule has 5 nitrogen and oxygen atoms in total. The highest BCUT2D eigenvalue weighted by atomic mass is 16.5. The molecule has 0 atom stereocenters. The Morgan fingerprint density at radius 3 is 2.46 bits per heavy atom. The molecule has 0 radical (unpaired) electrons. The van der Waals surface area contributed by atoms with Crippen molar-refractivity contribution in [1.29, 1.82) is 0 Å². The van der Waals surface area contributed by atoms with E-state index in [9.17, 15) is 9.59 Å². The van der Waals surface area contributed by atoms with E-state index in [0.29, 0.717) is 16.9 Å². The number of nitrogens with two attached hydrogens (primary N) is 1. The number of carbonyl (C=O) groups excluding carboxylic acids is 2. The van der Waals surface area contributed by atoms with E-state index in [0.717, 1.165) is 16.8 Å². The van der Waals surface area contributed by atoms with E-state index in [2.05, 4.69) is 5.32 Å². The van der Waals surface area contributed by atoms with Gasteiger partial charge in [-0.3, -0.25) is 9.59 Å². The maximum atomic E-state index is 12.6.